The summed E-state index contributed by atoms with van der Waals surface area (Å²) in [6, 6.07) is 2.50. The molecule has 0 radical (unpaired) electrons. The molecule has 1 saturated heterocycles. The van der Waals surface area contributed by atoms with Gasteiger partial charge in [0.2, 0.25) is 0 Å². The molecule has 0 bridgehead atoms. The Balaban J connectivity index is -0.000000144. The lowest BCUT2D eigenvalue weighted by molar-refractivity contribution is -0.127. The van der Waals surface area contributed by atoms with Gasteiger partial charge in [0.25, 0.3) is 0 Å². The molecule has 4 N–H and O–H groups in total. The number of Topliss-reactive ketones (excluding diaryl/α,β-unsaturated/α-hetero) is 4. The summed E-state index contributed by atoms with van der Waals surface area (Å²) >= 11 is 0. The van der Waals surface area contributed by atoms with E-state index in [2.05, 4.69) is 153 Å². The van der Waals surface area contributed by atoms with Crippen molar-refractivity contribution in [3.63, 3.8) is 0 Å². The minimum absolute atomic E-state index is 0.0868. The first-order valence-corrected chi connectivity index (χ1v) is 30.7. The van der Waals surface area contributed by atoms with E-state index in [-0.39, 0.29) is 34.6 Å². The fourth-order valence-corrected chi connectivity index (χ4v) is 7.24. The average molecular weight is 1090 g/mol. The average Bonchev–Trinajstić information content (AvgIpc) is 3.78. The maximum absolute atomic E-state index is 10.9. The van der Waals surface area contributed by atoms with Crippen molar-refractivity contribution >= 4 is 23.1 Å². The molecule has 1 fully saturated rings. The van der Waals surface area contributed by atoms with Gasteiger partial charge >= 0.3 is 0 Å². The van der Waals surface area contributed by atoms with Crippen molar-refractivity contribution in [1.82, 2.24) is 14.7 Å². The third-order valence-corrected chi connectivity index (χ3v) is 13.9. The van der Waals surface area contributed by atoms with Crippen molar-refractivity contribution in [1.29, 1.82) is 0 Å². The van der Waals surface area contributed by atoms with Crippen LogP contribution in [0, 0.1) is 58.7 Å². The fourth-order valence-electron chi connectivity index (χ4n) is 7.24. The SMILES string of the molecule is CC(=O)C(C)(C)C(C)C.CC(=O)C(N)CC(C)C.CC(=O)C(O)CC(C)C.CC(=O)CC(C)C.CC(C)C(C)CO.CC(C)CCCN(C(C)C)C(C)C.CC(C)CCN(C(C)C)C(C)C.CC(C)CCN1CCCC1. The summed E-state index contributed by atoms with van der Waals surface area (Å²) in [6.07, 6.45) is 9.60. The third kappa shape index (κ3) is 65.0. The zero-order chi connectivity index (χ0) is 61.8. The second-order valence-corrected chi connectivity index (χ2v) is 27.0. The van der Waals surface area contributed by atoms with E-state index in [0.29, 0.717) is 72.7 Å². The van der Waals surface area contributed by atoms with Crippen molar-refractivity contribution in [2.75, 3.05) is 39.3 Å². The van der Waals surface area contributed by atoms with Crippen LogP contribution in [0.15, 0.2) is 0 Å². The van der Waals surface area contributed by atoms with Gasteiger partial charge in [0.15, 0.2) is 5.78 Å². The summed E-state index contributed by atoms with van der Waals surface area (Å²) in [4.78, 5) is 49.9. The molecule has 0 aromatic heterocycles. The van der Waals surface area contributed by atoms with Crippen molar-refractivity contribution in [2.45, 2.75) is 309 Å². The summed E-state index contributed by atoms with van der Waals surface area (Å²) in [6.45, 7) is 71.7. The molecule has 1 rings (SSSR count). The molecule has 1 aliphatic heterocycles. The number of hydrogen-bond acceptors (Lipinski definition) is 10. The van der Waals surface area contributed by atoms with Crippen LogP contribution < -0.4 is 5.73 Å². The number of nitrogens with two attached hydrogens (primary N) is 1. The molecule has 0 amide bonds. The van der Waals surface area contributed by atoms with Gasteiger partial charge in [-0.15, -0.1) is 0 Å². The van der Waals surface area contributed by atoms with Crippen LogP contribution in [-0.4, -0.2) is 124 Å². The normalized spacial score (nSPS) is 13.8. The number of aliphatic hydroxyl groups excluding tert-OH is 2. The molecule has 462 valence electrons. The zero-order valence-electron chi connectivity index (χ0n) is 57.2. The van der Waals surface area contributed by atoms with E-state index >= 15 is 0 Å². The zero-order valence-corrected chi connectivity index (χ0v) is 57.2. The van der Waals surface area contributed by atoms with Gasteiger partial charge in [-0.25, -0.2) is 0 Å². The Hall–Kier alpha value is -1.56. The molecule has 1 aliphatic rings. The molecule has 10 heteroatoms. The second kappa shape index (κ2) is 52.8. The molecular formula is C66H142N4O6. The van der Waals surface area contributed by atoms with Crippen LogP contribution in [0.1, 0.15) is 272 Å². The highest BCUT2D eigenvalue weighted by atomic mass is 16.3. The van der Waals surface area contributed by atoms with E-state index in [1.54, 1.807) is 13.8 Å². The fraction of sp³-hybridized carbons (Fsp3) is 0.939. The lowest BCUT2D eigenvalue weighted by atomic mass is 9.78. The van der Waals surface area contributed by atoms with E-state index in [4.69, 9.17) is 15.9 Å². The number of likely N-dealkylation sites (tertiary alicyclic amines) is 1. The first-order chi connectivity index (χ1) is 34.4. The van der Waals surface area contributed by atoms with Crippen LogP contribution in [0.25, 0.3) is 0 Å². The summed E-state index contributed by atoms with van der Waals surface area (Å²) in [5, 5.41) is 17.5. The van der Waals surface area contributed by atoms with Crippen LogP contribution in [0.3, 0.4) is 0 Å². The van der Waals surface area contributed by atoms with Gasteiger partial charge in [-0.05, 0) is 220 Å². The van der Waals surface area contributed by atoms with Gasteiger partial charge in [-0.2, -0.15) is 0 Å². The summed E-state index contributed by atoms with van der Waals surface area (Å²) in [5.74, 6) is 6.01. The first-order valence-electron chi connectivity index (χ1n) is 30.7. The molecule has 0 aromatic rings. The van der Waals surface area contributed by atoms with E-state index in [9.17, 15) is 19.2 Å². The highest BCUT2D eigenvalue weighted by Crippen LogP contribution is 2.26. The van der Waals surface area contributed by atoms with Crippen LogP contribution in [-0.2, 0) is 19.2 Å². The molecule has 3 atom stereocenters. The van der Waals surface area contributed by atoms with Crippen molar-refractivity contribution in [3.8, 4) is 0 Å². The molecule has 3 unspecified atom stereocenters. The van der Waals surface area contributed by atoms with Gasteiger partial charge < -0.3 is 25.6 Å². The molecular weight excluding hydrogens is 945 g/mol. The number of hydrogen-bond donors (Lipinski definition) is 3. The Morgan fingerprint density at radius 2 is 0.908 bits per heavy atom. The number of rotatable bonds is 26. The highest BCUT2D eigenvalue weighted by Gasteiger charge is 2.27. The number of aliphatic hydroxyl groups is 2. The maximum Gasteiger partial charge on any atom is 0.158 e. The maximum atomic E-state index is 10.9. The van der Waals surface area contributed by atoms with Crippen LogP contribution >= 0.6 is 0 Å². The van der Waals surface area contributed by atoms with Gasteiger partial charge in [-0.3, -0.25) is 24.2 Å². The summed E-state index contributed by atoms with van der Waals surface area (Å²) in [7, 11) is 0. The van der Waals surface area contributed by atoms with Gasteiger partial charge in [-0.1, -0.05) is 132 Å². The molecule has 0 saturated carbocycles. The van der Waals surface area contributed by atoms with Crippen LogP contribution in [0.2, 0.25) is 0 Å². The van der Waals surface area contributed by atoms with E-state index in [1.165, 1.54) is 85.1 Å². The topological polar surface area (TPSA) is 144 Å². The minimum Gasteiger partial charge on any atom is -0.396 e. The minimum atomic E-state index is -0.745. The Kier molecular flexibility index (Phi) is 61.3. The van der Waals surface area contributed by atoms with Crippen molar-refractivity contribution < 1.29 is 29.4 Å². The van der Waals surface area contributed by atoms with E-state index in [0.717, 1.165) is 30.6 Å². The van der Waals surface area contributed by atoms with Crippen molar-refractivity contribution in [2.24, 2.45) is 64.4 Å². The van der Waals surface area contributed by atoms with Gasteiger partial charge in [0.1, 0.15) is 23.5 Å². The third-order valence-electron chi connectivity index (χ3n) is 13.9. The lowest BCUT2D eigenvalue weighted by Gasteiger charge is -2.31. The van der Waals surface area contributed by atoms with E-state index in [1.807, 2.05) is 48.5 Å². The quantitative estimate of drug-likeness (QED) is 0.0766. The monoisotopic (exact) mass is 1090 g/mol. The molecule has 76 heavy (non-hydrogen) atoms. The van der Waals surface area contributed by atoms with Gasteiger partial charge in [0, 0.05) is 42.6 Å². The molecule has 1 heterocycles. The Morgan fingerprint density at radius 3 is 1.09 bits per heavy atom. The van der Waals surface area contributed by atoms with E-state index < -0.39 is 6.10 Å². The number of carbonyl (C=O) groups is 4. The predicted molar refractivity (Wildman–Crippen MR) is 337 cm³/mol. The number of carbonyl (C=O) groups excluding carboxylic acids is 4. The standard InChI is InChI=1S/C12H27N.C11H25N.C9H19N.C8H16O.C7H15NO.C7H14O2.C6H14O.C6H12O/c1-10(2)8-7-9-13(11(3)4)12(5)6;1-9(2)7-8-12(10(3)4)11(5)6;1-9(2)5-8-10-6-3-4-7-10;1-6(2)8(4,5)7(3)9;1-5(2)4-7(8)6(3)9;1-5(2)4-7(9)6(3)8;1-5(2)6(3)4-7;1-5(2)4-6(3)7/h10-12H,7-9H2,1-6H3;9-11H,7-8H2,1-6H3;9H,3-8H2,1-2H3;6H,1-5H3;5,7H,4,8H2,1-3H3;5,7,9H,4H2,1-3H3;5-7H,4H2,1-3H3;5H,4H2,1-3H3. The van der Waals surface area contributed by atoms with Crippen LogP contribution in [0.4, 0.5) is 0 Å². The molecule has 10 nitrogen and oxygen atoms in total. The molecule has 0 aliphatic carbocycles. The smallest absolute Gasteiger partial charge is 0.158 e. The Bertz CT molecular complexity index is 1270. The summed E-state index contributed by atoms with van der Waals surface area (Å²) < 4.78 is 0. The predicted octanol–water partition coefficient (Wildman–Crippen LogP) is 15.9. The molecule has 0 spiro atoms. The Labute approximate surface area is 477 Å². The summed E-state index contributed by atoms with van der Waals surface area (Å²) in [5.41, 5.74) is 5.33. The lowest BCUT2D eigenvalue weighted by Crippen LogP contribution is -2.38. The highest BCUT2D eigenvalue weighted by molar-refractivity contribution is 5.82. The number of nitrogens with zero attached hydrogens (tertiary/aromatic N) is 3. The first kappa shape index (κ1) is 88.3. The second-order valence-electron chi connectivity index (χ2n) is 27.0. The largest absolute Gasteiger partial charge is 0.396 e. The molecule has 0 aromatic carbocycles. The Morgan fingerprint density at radius 1 is 0.526 bits per heavy atom. The van der Waals surface area contributed by atoms with Crippen molar-refractivity contribution in [3.05, 3.63) is 0 Å². The van der Waals surface area contributed by atoms with Gasteiger partial charge in [0.05, 0.1) is 6.04 Å². The van der Waals surface area contributed by atoms with Crippen LogP contribution in [0.5, 0.6) is 0 Å². The number of ketones is 4.